The van der Waals surface area contributed by atoms with Crippen molar-refractivity contribution in [2.45, 2.75) is 26.1 Å². The lowest BCUT2D eigenvalue weighted by atomic mass is 10.1. The molecular weight excluding hydrogens is 270 g/mol. The van der Waals surface area contributed by atoms with Crippen molar-refractivity contribution in [2.75, 3.05) is 25.0 Å². The summed E-state index contributed by atoms with van der Waals surface area (Å²) in [5.74, 6) is -0.674. The molecule has 0 radical (unpaired) electrons. The van der Waals surface area contributed by atoms with E-state index in [1.165, 1.54) is 4.90 Å². The zero-order valence-electron chi connectivity index (χ0n) is 12.4. The summed E-state index contributed by atoms with van der Waals surface area (Å²) >= 11 is 0. The molecule has 0 aliphatic carbocycles. The molecule has 1 saturated heterocycles. The van der Waals surface area contributed by atoms with Crippen molar-refractivity contribution in [3.8, 4) is 0 Å². The predicted octanol–water partition coefficient (Wildman–Crippen LogP) is -0.584. The Labute approximate surface area is 124 Å². The molecule has 1 aliphatic rings. The minimum atomic E-state index is -0.549. The Morgan fingerprint density at radius 3 is 2.52 bits per heavy atom. The number of morpholine rings is 1. The number of hydrogen-bond acceptors (Lipinski definition) is 3. The second-order valence-electron chi connectivity index (χ2n) is 5.55. The van der Waals surface area contributed by atoms with E-state index in [0.29, 0.717) is 17.8 Å². The SMILES string of the molecule is C[C@H]1C[NH+](CC(=O)Nc2ccccc2C(N)=O)C[C@H](C)O1. The first-order valence-corrected chi connectivity index (χ1v) is 7.13. The van der Waals surface area contributed by atoms with Crippen LogP contribution < -0.4 is 16.0 Å². The van der Waals surface area contributed by atoms with Crippen molar-refractivity contribution < 1.29 is 19.2 Å². The monoisotopic (exact) mass is 292 g/mol. The summed E-state index contributed by atoms with van der Waals surface area (Å²) in [6.07, 6.45) is 0.295. The van der Waals surface area contributed by atoms with Gasteiger partial charge in [0, 0.05) is 0 Å². The molecule has 1 aliphatic heterocycles. The van der Waals surface area contributed by atoms with E-state index in [1.807, 2.05) is 13.8 Å². The van der Waals surface area contributed by atoms with Gasteiger partial charge in [0.2, 0.25) is 0 Å². The van der Waals surface area contributed by atoms with Crippen LogP contribution in [-0.4, -0.2) is 43.7 Å². The summed E-state index contributed by atoms with van der Waals surface area (Å²) in [4.78, 5) is 24.6. The van der Waals surface area contributed by atoms with Crippen LogP contribution in [0.25, 0.3) is 0 Å². The van der Waals surface area contributed by atoms with E-state index in [4.69, 9.17) is 10.5 Å². The largest absolute Gasteiger partial charge is 0.366 e. The first kappa shape index (κ1) is 15.5. The Balaban J connectivity index is 1.97. The number of amides is 2. The summed E-state index contributed by atoms with van der Waals surface area (Å²) in [5.41, 5.74) is 6.08. The lowest BCUT2D eigenvalue weighted by molar-refractivity contribution is -0.907. The van der Waals surface area contributed by atoms with Gasteiger partial charge >= 0.3 is 0 Å². The van der Waals surface area contributed by atoms with Crippen molar-refractivity contribution in [3.05, 3.63) is 29.8 Å². The van der Waals surface area contributed by atoms with Gasteiger partial charge in [0.15, 0.2) is 6.54 Å². The Morgan fingerprint density at radius 2 is 1.90 bits per heavy atom. The molecule has 114 valence electrons. The molecule has 1 heterocycles. The average Bonchev–Trinajstić information content (AvgIpc) is 2.37. The van der Waals surface area contributed by atoms with E-state index in [9.17, 15) is 9.59 Å². The van der Waals surface area contributed by atoms with E-state index in [2.05, 4.69) is 5.32 Å². The molecule has 21 heavy (non-hydrogen) atoms. The van der Waals surface area contributed by atoms with Gasteiger partial charge < -0.3 is 20.7 Å². The molecule has 2 atom stereocenters. The normalized spacial score (nSPS) is 25.3. The van der Waals surface area contributed by atoms with Crippen molar-refractivity contribution in [1.82, 2.24) is 0 Å². The highest BCUT2D eigenvalue weighted by Crippen LogP contribution is 2.13. The number of rotatable bonds is 4. The molecule has 2 amide bonds. The van der Waals surface area contributed by atoms with Crippen molar-refractivity contribution in [2.24, 2.45) is 5.73 Å². The molecule has 1 aromatic rings. The number of ether oxygens (including phenoxy) is 1. The van der Waals surface area contributed by atoms with Gasteiger partial charge in [-0.15, -0.1) is 0 Å². The average molecular weight is 292 g/mol. The smallest absolute Gasteiger partial charge is 0.279 e. The van der Waals surface area contributed by atoms with Gasteiger partial charge in [0.25, 0.3) is 11.8 Å². The van der Waals surface area contributed by atoms with Crippen LogP contribution in [0.15, 0.2) is 24.3 Å². The molecule has 4 N–H and O–H groups in total. The fraction of sp³-hybridized carbons (Fsp3) is 0.467. The van der Waals surface area contributed by atoms with E-state index in [0.717, 1.165) is 13.1 Å². The standard InChI is InChI=1S/C15H21N3O3/c1-10-7-18(8-11(2)21-10)9-14(19)17-13-6-4-3-5-12(13)15(16)20/h3-6,10-11H,7-9H2,1-2H3,(H2,16,20)(H,17,19)/p+1/t10-,11-/m0/s1. The molecule has 0 aromatic heterocycles. The molecule has 6 nitrogen and oxygen atoms in total. The Morgan fingerprint density at radius 1 is 1.29 bits per heavy atom. The number of quaternary nitrogens is 1. The zero-order chi connectivity index (χ0) is 15.4. The van der Waals surface area contributed by atoms with Gasteiger partial charge in [-0.25, -0.2) is 0 Å². The third-order valence-corrected chi connectivity index (χ3v) is 3.49. The Bertz CT molecular complexity index is 523. The number of primary amides is 1. The van der Waals surface area contributed by atoms with Gasteiger partial charge in [0.1, 0.15) is 25.3 Å². The van der Waals surface area contributed by atoms with E-state index >= 15 is 0 Å². The molecule has 0 unspecified atom stereocenters. The molecular formula is C15H22N3O3+. The van der Waals surface area contributed by atoms with Crippen LogP contribution in [0.3, 0.4) is 0 Å². The van der Waals surface area contributed by atoms with E-state index in [-0.39, 0.29) is 18.1 Å². The Hall–Kier alpha value is -1.92. The lowest BCUT2D eigenvalue weighted by Crippen LogP contribution is -3.16. The molecule has 6 heteroatoms. The van der Waals surface area contributed by atoms with Crippen LogP contribution in [0, 0.1) is 0 Å². The maximum absolute atomic E-state index is 12.1. The summed E-state index contributed by atoms with van der Waals surface area (Å²) in [6, 6.07) is 6.75. The number of anilines is 1. The fourth-order valence-electron chi connectivity index (χ4n) is 2.76. The number of hydrogen-bond donors (Lipinski definition) is 3. The number of para-hydroxylation sites is 1. The molecule has 0 saturated carbocycles. The quantitative estimate of drug-likeness (QED) is 0.694. The topological polar surface area (TPSA) is 85.9 Å². The lowest BCUT2D eigenvalue weighted by Gasteiger charge is -2.31. The third-order valence-electron chi connectivity index (χ3n) is 3.49. The number of carbonyl (C=O) groups is 2. The zero-order valence-corrected chi connectivity index (χ0v) is 12.4. The van der Waals surface area contributed by atoms with Gasteiger partial charge in [-0.05, 0) is 26.0 Å². The van der Waals surface area contributed by atoms with E-state index < -0.39 is 5.91 Å². The maximum atomic E-state index is 12.1. The summed E-state index contributed by atoms with van der Waals surface area (Å²) < 4.78 is 5.65. The number of carbonyl (C=O) groups excluding carboxylic acids is 2. The molecule has 0 bridgehead atoms. The highest BCUT2D eigenvalue weighted by atomic mass is 16.5. The number of benzene rings is 1. The first-order valence-electron chi connectivity index (χ1n) is 7.13. The molecule has 2 rings (SSSR count). The fourth-order valence-corrected chi connectivity index (χ4v) is 2.76. The van der Waals surface area contributed by atoms with Crippen molar-refractivity contribution in [1.29, 1.82) is 0 Å². The van der Waals surface area contributed by atoms with Gasteiger partial charge in [-0.2, -0.15) is 0 Å². The van der Waals surface area contributed by atoms with Crippen LogP contribution in [0.2, 0.25) is 0 Å². The van der Waals surface area contributed by atoms with E-state index in [1.54, 1.807) is 24.3 Å². The van der Waals surface area contributed by atoms with Crippen molar-refractivity contribution in [3.63, 3.8) is 0 Å². The van der Waals surface area contributed by atoms with Crippen LogP contribution in [0.4, 0.5) is 5.69 Å². The molecule has 0 spiro atoms. The third kappa shape index (κ3) is 4.27. The molecule has 1 fully saturated rings. The second kappa shape index (κ2) is 6.69. The maximum Gasteiger partial charge on any atom is 0.279 e. The van der Waals surface area contributed by atoms with Gasteiger partial charge in [-0.1, -0.05) is 12.1 Å². The predicted molar refractivity (Wildman–Crippen MR) is 79.2 cm³/mol. The highest BCUT2D eigenvalue weighted by molar-refractivity contribution is 6.03. The van der Waals surface area contributed by atoms with Crippen LogP contribution in [0.1, 0.15) is 24.2 Å². The number of nitrogens with one attached hydrogen (secondary N) is 2. The van der Waals surface area contributed by atoms with Gasteiger partial charge in [0.05, 0.1) is 11.3 Å². The Kier molecular flexibility index (Phi) is 4.93. The highest BCUT2D eigenvalue weighted by Gasteiger charge is 2.27. The summed E-state index contributed by atoms with van der Waals surface area (Å²) in [7, 11) is 0. The van der Waals surface area contributed by atoms with Crippen molar-refractivity contribution >= 4 is 17.5 Å². The summed E-state index contributed by atoms with van der Waals surface area (Å²) in [6.45, 7) is 5.97. The summed E-state index contributed by atoms with van der Waals surface area (Å²) in [5, 5.41) is 2.77. The number of nitrogens with two attached hydrogens (primary N) is 1. The minimum Gasteiger partial charge on any atom is -0.366 e. The second-order valence-corrected chi connectivity index (χ2v) is 5.55. The first-order chi connectivity index (χ1) is 9.95. The molecule has 1 aromatic carbocycles. The van der Waals surface area contributed by atoms with Crippen LogP contribution >= 0.6 is 0 Å². The van der Waals surface area contributed by atoms with Gasteiger partial charge in [-0.3, -0.25) is 9.59 Å². The van der Waals surface area contributed by atoms with Crippen LogP contribution in [0.5, 0.6) is 0 Å². The van der Waals surface area contributed by atoms with Crippen LogP contribution in [-0.2, 0) is 9.53 Å². The minimum absolute atomic E-state index is 0.125.